The van der Waals surface area contributed by atoms with Crippen molar-refractivity contribution >= 4 is 22.0 Å². The summed E-state index contributed by atoms with van der Waals surface area (Å²) in [4.78, 5) is 24.3. The van der Waals surface area contributed by atoms with Crippen molar-refractivity contribution in [2.75, 3.05) is 39.3 Å². The number of nitrogens with zero attached hydrogens (tertiary/aromatic N) is 2. The summed E-state index contributed by atoms with van der Waals surface area (Å²) in [5, 5.41) is 2.42. The number of rotatable bonds is 6. The molecule has 1 aromatic rings. The molecule has 2 amide bonds. The van der Waals surface area contributed by atoms with Crippen LogP contribution in [0, 0.1) is 0 Å². The summed E-state index contributed by atoms with van der Waals surface area (Å²) >= 11 is 0. The molecule has 0 atom stereocenters. The summed E-state index contributed by atoms with van der Waals surface area (Å²) in [6.45, 7) is 2.10. The van der Waals surface area contributed by atoms with Gasteiger partial charge in [0.25, 0.3) is 0 Å². The monoisotopic (exact) mass is 437 g/mol. The maximum Gasteiger partial charge on any atom is 0.416 e. The number of carbonyl (C=O) groups is 2. The van der Waals surface area contributed by atoms with Gasteiger partial charge in [0.2, 0.25) is 15.9 Å². The number of piperazine rings is 1. The van der Waals surface area contributed by atoms with Crippen LogP contribution in [0.15, 0.2) is 29.2 Å². The zero-order chi connectivity index (χ0) is 21.7. The first-order chi connectivity index (χ1) is 13.6. The lowest BCUT2D eigenvalue weighted by molar-refractivity contribution is -0.137. The van der Waals surface area contributed by atoms with E-state index < -0.39 is 32.8 Å². The maximum absolute atomic E-state index is 12.8. The Morgan fingerprint density at radius 3 is 2.41 bits per heavy atom. The van der Waals surface area contributed by atoms with Crippen molar-refractivity contribution in [2.24, 2.45) is 0 Å². The number of alkyl halides is 3. The molecule has 1 heterocycles. The van der Waals surface area contributed by atoms with E-state index in [1.165, 1.54) is 4.90 Å². The van der Waals surface area contributed by atoms with Gasteiger partial charge >= 0.3 is 12.3 Å². The van der Waals surface area contributed by atoms with Gasteiger partial charge in [-0.3, -0.25) is 4.79 Å². The van der Waals surface area contributed by atoms with Gasteiger partial charge in [-0.15, -0.1) is 0 Å². The third-order valence-electron chi connectivity index (χ3n) is 4.27. The Balaban J connectivity index is 1.93. The lowest BCUT2D eigenvalue weighted by atomic mass is 10.2. The Morgan fingerprint density at radius 1 is 1.17 bits per heavy atom. The summed E-state index contributed by atoms with van der Waals surface area (Å²) in [6, 6.07) is 3.57. The van der Waals surface area contributed by atoms with E-state index in [0.29, 0.717) is 6.07 Å². The molecule has 0 spiro atoms. The lowest BCUT2D eigenvalue weighted by Gasteiger charge is -2.34. The molecule has 0 radical (unpaired) electrons. The van der Waals surface area contributed by atoms with E-state index in [1.54, 1.807) is 6.92 Å². The van der Waals surface area contributed by atoms with Gasteiger partial charge in [-0.05, 0) is 25.1 Å². The average molecular weight is 437 g/mol. The highest BCUT2D eigenvalue weighted by Crippen LogP contribution is 2.31. The van der Waals surface area contributed by atoms with Crippen molar-refractivity contribution in [3.05, 3.63) is 29.8 Å². The molecule has 1 N–H and O–H groups in total. The summed E-state index contributed by atoms with van der Waals surface area (Å²) in [5.74, 6) is -0.266. The number of hydrogen-bond donors (Lipinski definition) is 1. The van der Waals surface area contributed by atoms with Gasteiger partial charge in [0, 0.05) is 39.1 Å². The van der Waals surface area contributed by atoms with Crippen molar-refractivity contribution in [1.82, 2.24) is 14.5 Å². The van der Waals surface area contributed by atoms with E-state index in [0.717, 1.165) is 22.5 Å². The Hall–Kier alpha value is -2.34. The third-order valence-corrected chi connectivity index (χ3v) is 6.17. The van der Waals surface area contributed by atoms with Crippen LogP contribution in [0.3, 0.4) is 0 Å². The Bertz CT molecular complexity index is 837. The highest BCUT2D eigenvalue weighted by molar-refractivity contribution is 7.89. The first-order valence-electron chi connectivity index (χ1n) is 8.91. The van der Waals surface area contributed by atoms with Crippen molar-refractivity contribution in [3.8, 4) is 0 Å². The van der Waals surface area contributed by atoms with Crippen LogP contribution >= 0.6 is 0 Å². The number of amides is 2. The number of sulfonamides is 1. The number of halogens is 3. The van der Waals surface area contributed by atoms with Crippen molar-refractivity contribution in [2.45, 2.75) is 24.4 Å². The SMILES string of the molecule is CCOC(=O)NCCC(=O)N1CCN(S(=O)(=O)c2cccc(C(F)(F)F)c2)CC1. The van der Waals surface area contributed by atoms with Crippen molar-refractivity contribution in [1.29, 1.82) is 0 Å². The minimum atomic E-state index is -4.64. The zero-order valence-corrected chi connectivity index (χ0v) is 16.6. The standard InChI is InChI=1S/C17H22F3N3O5S/c1-2-28-16(25)21-7-6-15(24)22-8-10-23(11-9-22)29(26,27)14-5-3-4-13(12-14)17(18,19)20/h3-5,12H,2,6-11H2,1H3,(H,21,25). The summed E-state index contributed by atoms with van der Waals surface area (Å²) in [6.07, 6.45) is -5.25. The van der Waals surface area contributed by atoms with Gasteiger partial charge in [0.15, 0.2) is 0 Å². The molecule has 0 saturated carbocycles. The van der Waals surface area contributed by atoms with Gasteiger partial charge in [0.05, 0.1) is 17.1 Å². The number of benzene rings is 1. The fraction of sp³-hybridized carbons (Fsp3) is 0.529. The van der Waals surface area contributed by atoms with E-state index in [1.807, 2.05) is 0 Å². The molecule has 1 fully saturated rings. The summed E-state index contributed by atoms with van der Waals surface area (Å²) < 4.78 is 69.6. The molecule has 12 heteroatoms. The fourth-order valence-electron chi connectivity index (χ4n) is 2.77. The average Bonchev–Trinajstić information content (AvgIpc) is 2.67. The van der Waals surface area contributed by atoms with Crippen LogP contribution in [-0.4, -0.2) is 69.0 Å². The second kappa shape index (κ2) is 9.44. The molecular formula is C17H22F3N3O5S. The Morgan fingerprint density at radius 2 is 1.83 bits per heavy atom. The molecule has 0 bridgehead atoms. The van der Waals surface area contributed by atoms with Crippen LogP contribution in [0.25, 0.3) is 0 Å². The molecule has 2 rings (SSSR count). The van der Waals surface area contributed by atoms with E-state index in [4.69, 9.17) is 0 Å². The van der Waals surface area contributed by atoms with Crippen LogP contribution in [0.4, 0.5) is 18.0 Å². The van der Waals surface area contributed by atoms with Crippen LogP contribution in [0.5, 0.6) is 0 Å². The molecule has 0 aromatic heterocycles. The van der Waals surface area contributed by atoms with Gasteiger partial charge in [-0.25, -0.2) is 13.2 Å². The molecule has 0 unspecified atom stereocenters. The molecule has 0 aliphatic carbocycles. The molecular weight excluding hydrogens is 415 g/mol. The predicted molar refractivity (Wildman–Crippen MR) is 96.4 cm³/mol. The lowest BCUT2D eigenvalue weighted by Crippen LogP contribution is -2.50. The molecule has 1 aliphatic heterocycles. The van der Waals surface area contributed by atoms with Crippen molar-refractivity contribution < 1.29 is 35.9 Å². The minimum Gasteiger partial charge on any atom is -0.450 e. The first-order valence-corrected chi connectivity index (χ1v) is 10.4. The molecule has 8 nitrogen and oxygen atoms in total. The normalized spacial score (nSPS) is 15.8. The topological polar surface area (TPSA) is 96.0 Å². The Kier molecular flexibility index (Phi) is 7.47. The number of alkyl carbamates (subject to hydrolysis) is 1. The fourth-order valence-corrected chi connectivity index (χ4v) is 4.24. The molecule has 1 saturated heterocycles. The summed E-state index contributed by atoms with van der Waals surface area (Å²) in [7, 11) is -4.11. The van der Waals surface area contributed by atoms with Gasteiger partial charge in [-0.1, -0.05) is 6.07 Å². The van der Waals surface area contributed by atoms with Gasteiger partial charge in [-0.2, -0.15) is 17.5 Å². The van der Waals surface area contributed by atoms with Crippen LogP contribution in [-0.2, 0) is 25.7 Å². The van der Waals surface area contributed by atoms with Crippen LogP contribution < -0.4 is 5.32 Å². The molecule has 1 aromatic carbocycles. The van der Waals surface area contributed by atoms with E-state index in [-0.39, 0.29) is 51.7 Å². The van der Waals surface area contributed by atoms with Gasteiger partial charge in [0.1, 0.15) is 0 Å². The minimum absolute atomic E-state index is 0.0270. The number of nitrogens with one attached hydrogen (secondary N) is 1. The van der Waals surface area contributed by atoms with Crippen LogP contribution in [0.1, 0.15) is 18.9 Å². The highest BCUT2D eigenvalue weighted by atomic mass is 32.2. The second-order valence-electron chi connectivity index (χ2n) is 6.21. The van der Waals surface area contributed by atoms with Gasteiger partial charge < -0.3 is 15.0 Å². The van der Waals surface area contributed by atoms with E-state index in [2.05, 4.69) is 10.1 Å². The smallest absolute Gasteiger partial charge is 0.416 e. The quantitative estimate of drug-likeness (QED) is 0.731. The number of ether oxygens (including phenoxy) is 1. The third kappa shape index (κ3) is 6.07. The van der Waals surface area contributed by atoms with E-state index >= 15 is 0 Å². The molecule has 29 heavy (non-hydrogen) atoms. The predicted octanol–water partition coefficient (Wildman–Crippen LogP) is 1.67. The molecule has 1 aliphatic rings. The van der Waals surface area contributed by atoms with Crippen molar-refractivity contribution in [3.63, 3.8) is 0 Å². The highest BCUT2D eigenvalue weighted by Gasteiger charge is 2.34. The second-order valence-corrected chi connectivity index (χ2v) is 8.15. The molecule has 162 valence electrons. The number of carbonyl (C=O) groups excluding carboxylic acids is 2. The zero-order valence-electron chi connectivity index (χ0n) is 15.7. The Labute approximate surface area is 166 Å². The first kappa shape index (κ1) is 22.9. The van der Waals surface area contributed by atoms with Crippen LogP contribution in [0.2, 0.25) is 0 Å². The maximum atomic E-state index is 12.8. The number of hydrogen-bond acceptors (Lipinski definition) is 5. The van der Waals surface area contributed by atoms with E-state index in [9.17, 15) is 31.2 Å². The summed E-state index contributed by atoms with van der Waals surface area (Å²) in [5.41, 5.74) is -1.04. The largest absolute Gasteiger partial charge is 0.450 e.